The number of ketones is 1. The van der Waals surface area contributed by atoms with Crippen molar-refractivity contribution in [2.75, 3.05) is 14.1 Å². The Labute approximate surface area is 134 Å². The highest BCUT2D eigenvalue weighted by Crippen LogP contribution is 2.42. The fourth-order valence-electron chi connectivity index (χ4n) is 2.64. The molecule has 0 unspecified atom stereocenters. The van der Waals surface area contributed by atoms with Crippen molar-refractivity contribution >= 4 is 11.9 Å². The van der Waals surface area contributed by atoms with Crippen LogP contribution in [0, 0.1) is 6.92 Å². The van der Waals surface area contributed by atoms with Gasteiger partial charge in [0.05, 0.1) is 16.8 Å². The van der Waals surface area contributed by atoms with Gasteiger partial charge in [0.15, 0.2) is 5.76 Å². The molecule has 2 aromatic rings. The van der Waals surface area contributed by atoms with Crippen LogP contribution in [0.25, 0.3) is 6.08 Å². The van der Waals surface area contributed by atoms with Gasteiger partial charge in [0.25, 0.3) is 0 Å². The number of aromatic nitrogens is 1. The number of phenolic OH excluding ortho intramolecular Hbond substituents is 1. The SMILES string of the molecule is Cc1cc(O)c(CN(C)C)c2c1C(=O)/C(=C/c1ccccn1)O2. The van der Waals surface area contributed by atoms with Crippen LogP contribution >= 0.6 is 0 Å². The van der Waals surface area contributed by atoms with Crippen LogP contribution in [0.4, 0.5) is 0 Å². The Morgan fingerprint density at radius 2 is 2.13 bits per heavy atom. The van der Waals surface area contributed by atoms with Gasteiger partial charge in [-0.1, -0.05) is 6.07 Å². The maximum Gasteiger partial charge on any atom is 0.232 e. The Bertz CT molecular complexity index is 796. The summed E-state index contributed by atoms with van der Waals surface area (Å²) >= 11 is 0. The molecule has 5 heteroatoms. The van der Waals surface area contributed by atoms with Crippen LogP contribution in [-0.2, 0) is 6.54 Å². The first-order valence-corrected chi connectivity index (χ1v) is 7.33. The van der Waals surface area contributed by atoms with Gasteiger partial charge >= 0.3 is 0 Å². The molecule has 3 rings (SSSR count). The third kappa shape index (κ3) is 2.83. The summed E-state index contributed by atoms with van der Waals surface area (Å²) < 4.78 is 5.80. The highest BCUT2D eigenvalue weighted by Gasteiger charge is 2.33. The maximum absolute atomic E-state index is 12.7. The Kier molecular flexibility index (Phi) is 3.88. The molecule has 0 spiro atoms. The summed E-state index contributed by atoms with van der Waals surface area (Å²) in [6, 6.07) is 7.08. The molecule has 1 aliphatic heterocycles. The second-order valence-corrected chi connectivity index (χ2v) is 5.83. The van der Waals surface area contributed by atoms with E-state index in [1.165, 1.54) is 0 Å². The lowest BCUT2D eigenvalue weighted by molar-refractivity contribution is 0.101. The van der Waals surface area contributed by atoms with Gasteiger partial charge in [-0.25, -0.2) is 0 Å². The number of rotatable bonds is 3. The number of carbonyl (C=O) groups is 1. The predicted molar refractivity (Wildman–Crippen MR) is 87.4 cm³/mol. The molecule has 1 aliphatic rings. The Morgan fingerprint density at radius 3 is 2.78 bits per heavy atom. The van der Waals surface area contributed by atoms with Gasteiger partial charge in [0.1, 0.15) is 11.5 Å². The number of ether oxygens (including phenoxy) is 1. The van der Waals surface area contributed by atoms with Crippen molar-refractivity contribution in [3.63, 3.8) is 0 Å². The van der Waals surface area contributed by atoms with Crippen molar-refractivity contribution in [1.29, 1.82) is 0 Å². The minimum absolute atomic E-state index is 0.141. The molecule has 0 saturated carbocycles. The topological polar surface area (TPSA) is 62.7 Å². The molecular weight excluding hydrogens is 292 g/mol. The molecule has 0 bridgehead atoms. The van der Waals surface area contributed by atoms with Crippen LogP contribution in [0.1, 0.15) is 27.2 Å². The summed E-state index contributed by atoms with van der Waals surface area (Å²) in [5.74, 6) is 0.640. The molecule has 2 heterocycles. The number of nitrogens with zero attached hydrogens (tertiary/aromatic N) is 2. The average Bonchev–Trinajstić information content (AvgIpc) is 2.82. The molecule has 0 radical (unpaired) electrons. The predicted octanol–water partition coefficient (Wildman–Crippen LogP) is 2.77. The number of carbonyl (C=O) groups excluding carboxylic acids is 1. The van der Waals surface area contributed by atoms with Gasteiger partial charge in [0, 0.05) is 18.8 Å². The minimum atomic E-state index is -0.178. The highest BCUT2D eigenvalue weighted by atomic mass is 16.5. The minimum Gasteiger partial charge on any atom is -0.507 e. The maximum atomic E-state index is 12.7. The van der Waals surface area contributed by atoms with Gasteiger partial charge in [-0.15, -0.1) is 0 Å². The van der Waals surface area contributed by atoms with Crippen LogP contribution in [0.2, 0.25) is 0 Å². The van der Waals surface area contributed by atoms with Crippen LogP contribution < -0.4 is 4.74 Å². The third-order valence-electron chi connectivity index (χ3n) is 3.66. The van der Waals surface area contributed by atoms with Crippen molar-refractivity contribution in [2.45, 2.75) is 13.5 Å². The number of fused-ring (bicyclic) bond motifs is 1. The quantitative estimate of drug-likeness (QED) is 0.883. The van der Waals surface area contributed by atoms with Gasteiger partial charge in [-0.05, 0) is 44.8 Å². The standard InChI is InChI=1S/C18H18N2O3/c1-11-8-14(21)13(10-20(2)3)18-16(11)17(22)15(23-18)9-12-6-4-5-7-19-12/h4-9,21H,10H2,1-3H3/b15-9-. The number of hydrogen-bond donors (Lipinski definition) is 1. The summed E-state index contributed by atoms with van der Waals surface area (Å²) in [5, 5.41) is 10.2. The number of phenols is 1. The monoisotopic (exact) mass is 310 g/mol. The van der Waals surface area contributed by atoms with E-state index in [-0.39, 0.29) is 17.3 Å². The first kappa shape index (κ1) is 15.2. The van der Waals surface area contributed by atoms with Crippen LogP contribution in [-0.4, -0.2) is 34.9 Å². The smallest absolute Gasteiger partial charge is 0.232 e. The molecule has 0 atom stereocenters. The van der Waals surface area contributed by atoms with E-state index < -0.39 is 0 Å². The zero-order chi connectivity index (χ0) is 16.6. The van der Waals surface area contributed by atoms with Crippen molar-refractivity contribution in [3.8, 4) is 11.5 Å². The zero-order valence-corrected chi connectivity index (χ0v) is 13.3. The Balaban J connectivity index is 2.08. The number of Topliss-reactive ketones (excluding diaryl/α,β-unsaturated/α-hetero) is 1. The van der Waals surface area contributed by atoms with Gasteiger partial charge in [-0.2, -0.15) is 0 Å². The van der Waals surface area contributed by atoms with Gasteiger partial charge < -0.3 is 14.7 Å². The normalized spacial score (nSPS) is 15.1. The Morgan fingerprint density at radius 1 is 1.35 bits per heavy atom. The molecule has 1 aromatic heterocycles. The van der Waals surface area contributed by atoms with Crippen molar-refractivity contribution in [2.24, 2.45) is 0 Å². The summed E-state index contributed by atoms with van der Waals surface area (Å²) in [6.07, 6.45) is 3.28. The number of hydrogen-bond acceptors (Lipinski definition) is 5. The lowest BCUT2D eigenvalue weighted by atomic mass is 9.99. The number of aryl methyl sites for hydroxylation is 1. The van der Waals surface area contributed by atoms with Crippen LogP contribution in [0.3, 0.4) is 0 Å². The van der Waals surface area contributed by atoms with Gasteiger partial charge in [0.2, 0.25) is 5.78 Å². The summed E-state index contributed by atoms with van der Waals surface area (Å²) in [7, 11) is 3.79. The first-order chi connectivity index (χ1) is 11.0. The van der Waals surface area contributed by atoms with E-state index in [0.29, 0.717) is 34.7 Å². The number of benzene rings is 1. The van der Waals surface area contributed by atoms with Crippen LogP contribution in [0.15, 0.2) is 36.2 Å². The third-order valence-corrected chi connectivity index (χ3v) is 3.66. The molecule has 5 nitrogen and oxygen atoms in total. The fourth-order valence-corrected chi connectivity index (χ4v) is 2.64. The van der Waals surface area contributed by atoms with Crippen molar-refractivity contribution in [1.82, 2.24) is 9.88 Å². The number of pyridine rings is 1. The molecule has 23 heavy (non-hydrogen) atoms. The fraction of sp³-hybridized carbons (Fsp3) is 0.222. The molecular formula is C18H18N2O3. The second kappa shape index (κ2) is 5.85. The molecule has 1 aromatic carbocycles. The Hall–Kier alpha value is -2.66. The lowest BCUT2D eigenvalue weighted by Crippen LogP contribution is -2.12. The van der Waals surface area contributed by atoms with Gasteiger partial charge in [-0.3, -0.25) is 9.78 Å². The molecule has 0 saturated heterocycles. The molecule has 0 aliphatic carbocycles. The largest absolute Gasteiger partial charge is 0.507 e. The number of aromatic hydroxyl groups is 1. The van der Waals surface area contributed by atoms with E-state index in [4.69, 9.17) is 4.74 Å². The van der Waals surface area contributed by atoms with E-state index in [0.717, 1.165) is 0 Å². The number of allylic oxidation sites excluding steroid dienone is 1. The van der Waals surface area contributed by atoms with E-state index >= 15 is 0 Å². The zero-order valence-electron chi connectivity index (χ0n) is 13.3. The van der Waals surface area contributed by atoms with E-state index in [1.54, 1.807) is 31.3 Å². The molecule has 118 valence electrons. The molecule has 1 N–H and O–H groups in total. The molecule has 0 fully saturated rings. The molecule has 0 amide bonds. The summed E-state index contributed by atoms with van der Waals surface area (Å²) in [6.45, 7) is 2.28. The first-order valence-electron chi connectivity index (χ1n) is 7.33. The van der Waals surface area contributed by atoms with E-state index in [9.17, 15) is 9.90 Å². The lowest BCUT2D eigenvalue weighted by Gasteiger charge is -2.15. The van der Waals surface area contributed by atoms with E-state index in [2.05, 4.69) is 4.98 Å². The van der Waals surface area contributed by atoms with Crippen LogP contribution in [0.5, 0.6) is 11.5 Å². The summed E-state index contributed by atoms with van der Waals surface area (Å²) in [5.41, 5.74) is 2.49. The highest BCUT2D eigenvalue weighted by molar-refractivity contribution is 6.15. The van der Waals surface area contributed by atoms with Crippen molar-refractivity contribution in [3.05, 3.63) is 58.6 Å². The van der Waals surface area contributed by atoms with Crippen molar-refractivity contribution < 1.29 is 14.6 Å². The van der Waals surface area contributed by atoms with E-state index in [1.807, 2.05) is 31.1 Å². The second-order valence-electron chi connectivity index (χ2n) is 5.83. The summed E-state index contributed by atoms with van der Waals surface area (Å²) in [4.78, 5) is 18.8. The average molecular weight is 310 g/mol.